The molecule has 2 N–H and O–H groups in total. The second-order valence-electron chi connectivity index (χ2n) is 7.95. The third-order valence-corrected chi connectivity index (χ3v) is 7.65. The van der Waals surface area contributed by atoms with Crippen LogP contribution in [0.2, 0.25) is 0 Å². The molecule has 0 radical (unpaired) electrons. The fourth-order valence-electron chi connectivity index (χ4n) is 3.11. The molecular formula is C24H26N4O5S2. The van der Waals surface area contributed by atoms with Crippen molar-refractivity contribution in [2.24, 2.45) is 0 Å². The SMILES string of the molecule is CC(=O)NCc1cccc(-c2csc(CC(=O)CNC(=O)c3cccc(S(=O)(=O)N(C)C)c3)n2)c1. The number of ketones is 1. The molecule has 0 saturated heterocycles. The number of carbonyl (C=O) groups excluding carboxylic acids is 3. The Hall–Kier alpha value is -3.41. The third-order valence-electron chi connectivity index (χ3n) is 4.99. The molecule has 3 rings (SSSR count). The minimum atomic E-state index is -3.67. The first-order valence-corrected chi connectivity index (χ1v) is 13.0. The van der Waals surface area contributed by atoms with Gasteiger partial charge in [-0.25, -0.2) is 17.7 Å². The van der Waals surface area contributed by atoms with Crippen LogP contribution in [0.4, 0.5) is 0 Å². The molecule has 0 aliphatic carbocycles. The van der Waals surface area contributed by atoms with Crippen molar-refractivity contribution in [3.05, 3.63) is 70.0 Å². The minimum absolute atomic E-state index is 0.00191. The Kier molecular flexibility index (Phi) is 8.49. The van der Waals surface area contributed by atoms with E-state index in [0.29, 0.717) is 11.6 Å². The van der Waals surface area contributed by atoms with Gasteiger partial charge in [0.25, 0.3) is 5.91 Å². The van der Waals surface area contributed by atoms with Crippen LogP contribution < -0.4 is 10.6 Å². The van der Waals surface area contributed by atoms with E-state index in [0.717, 1.165) is 21.1 Å². The molecule has 0 atom stereocenters. The number of amides is 2. The first-order chi connectivity index (χ1) is 16.6. The molecule has 0 fully saturated rings. The van der Waals surface area contributed by atoms with Gasteiger partial charge in [0.15, 0.2) is 5.78 Å². The monoisotopic (exact) mass is 514 g/mol. The summed E-state index contributed by atoms with van der Waals surface area (Å²) in [7, 11) is -0.854. The number of nitrogens with one attached hydrogen (secondary N) is 2. The second-order valence-corrected chi connectivity index (χ2v) is 11.0. The molecule has 2 aromatic carbocycles. The van der Waals surface area contributed by atoms with Crippen LogP contribution in [-0.4, -0.2) is 55.9 Å². The summed E-state index contributed by atoms with van der Waals surface area (Å²) in [5.74, 6) is -0.871. The molecule has 0 bridgehead atoms. The van der Waals surface area contributed by atoms with Gasteiger partial charge in [-0.1, -0.05) is 24.3 Å². The van der Waals surface area contributed by atoms with Crippen LogP contribution in [0.1, 0.15) is 27.9 Å². The van der Waals surface area contributed by atoms with Crippen molar-refractivity contribution in [2.45, 2.75) is 24.8 Å². The highest BCUT2D eigenvalue weighted by molar-refractivity contribution is 7.89. The molecule has 2 amide bonds. The summed E-state index contributed by atoms with van der Waals surface area (Å²) in [4.78, 5) is 40.5. The molecule has 11 heteroatoms. The summed E-state index contributed by atoms with van der Waals surface area (Å²) in [6.45, 7) is 1.68. The Balaban J connectivity index is 1.58. The van der Waals surface area contributed by atoms with Gasteiger partial charge >= 0.3 is 0 Å². The Morgan fingerprint density at radius 1 is 1.03 bits per heavy atom. The van der Waals surface area contributed by atoms with Crippen LogP contribution in [0.25, 0.3) is 11.3 Å². The third kappa shape index (κ3) is 7.04. The molecule has 0 aliphatic rings. The van der Waals surface area contributed by atoms with Crippen molar-refractivity contribution in [2.75, 3.05) is 20.6 Å². The first-order valence-electron chi connectivity index (χ1n) is 10.7. The predicted octanol–water partition coefficient (Wildman–Crippen LogP) is 2.24. The van der Waals surface area contributed by atoms with Crippen molar-refractivity contribution in [3.63, 3.8) is 0 Å². The zero-order valence-corrected chi connectivity index (χ0v) is 21.2. The van der Waals surface area contributed by atoms with Crippen LogP contribution in [0.15, 0.2) is 58.8 Å². The number of nitrogens with zero attached hydrogens (tertiary/aromatic N) is 2. The number of sulfonamides is 1. The standard InChI is InChI=1S/C24H26N4O5S2/c1-16(29)25-13-17-6-4-7-18(10-17)22-15-34-23(27-22)12-20(30)14-26-24(31)19-8-5-9-21(11-19)35(32,33)28(2)3/h4-11,15H,12-14H2,1-3H3,(H,25,29)(H,26,31). The van der Waals surface area contributed by atoms with Crippen LogP contribution in [0.3, 0.4) is 0 Å². The summed E-state index contributed by atoms with van der Waals surface area (Å²) in [6.07, 6.45) is 0.0611. The summed E-state index contributed by atoms with van der Waals surface area (Å²) in [5, 5.41) is 7.77. The van der Waals surface area contributed by atoms with Crippen molar-refractivity contribution >= 4 is 39.0 Å². The molecule has 9 nitrogen and oxygen atoms in total. The summed E-state index contributed by atoms with van der Waals surface area (Å²) >= 11 is 1.35. The zero-order valence-electron chi connectivity index (χ0n) is 19.6. The highest BCUT2D eigenvalue weighted by Crippen LogP contribution is 2.23. The zero-order chi connectivity index (χ0) is 25.6. The summed E-state index contributed by atoms with van der Waals surface area (Å²) < 4.78 is 25.6. The molecule has 0 saturated carbocycles. The highest BCUT2D eigenvalue weighted by atomic mass is 32.2. The predicted molar refractivity (Wildman–Crippen MR) is 133 cm³/mol. The van der Waals surface area contributed by atoms with Gasteiger partial charge in [0.05, 0.1) is 23.6 Å². The molecule has 0 spiro atoms. The van der Waals surface area contributed by atoms with Crippen molar-refractivity contribution < 1.29 is 22.8 Å². The molecule has 0 unspecified atom stereocenters. The number of carbonyl (C=O) groups is 3. The largest absolute Gasteiger partial charge is 0.352 e. The van der Waals surface area contributed by atoms with Gasteiger partial charge in [0.1, 0.15) is 5.01 Å². The van der Waals surface area contributed by atoms with E-state index in [4.69, 9.17) is 0 Å². The van der Waals surface area contributed by atoms with Crippen LogP contribution in [0.5, 0.6) is 0 Å². The Morgan fingerprint density at radius 3 is 2.49 bits per heavy atom. The lowest BCUT2D eigenvalue weighted by molar-refractivity contribution is -0.119. The van der Waals surface area contributed by atoms with Gasteiger partial charge in [-0.2, -0.15) is 0 Å². The minimum Gasteiger partial charge on any atom is -0.352 e. The maximum atomic E-state index is 12.5. The van der Waals surface area contributed by atoms with Crippen LogP contribution in [0, 0.1) is 0 Å². The van der Waals surface area contributed by atoms with E-state index in [1.54, 1.807) is 0 Å². The highest BCUT2D eigenvalue weighted by Gasteiger charge is 2.19. The normalized spacial score (nSPS) is 11.3. The molecule has 35 heavy (non-hydrogen) atoms. The summed E-state index contributed by atoms with van der Waals surface area (Å²) in [5.41, 5.74) is 2.69. The fraction of sp³-hybridized carbons (Fsp3) is 0.250. The second kappa shape index (κ2) is 11.3. The van der Waals surface area contributed by atoms with E-state index in [1.807, 2.05) is 29.6 Å². The molecular weight excluding hydrogens is 488 g/mol. The smallest absolute Gasteiger partial charge is 0.251 e. The van der Waals surface area contributed by atoms with Gasteiger partial charge in [0.2, 0.25) is 15.9 Å². The Morgan fingerprint density at radius 2 is 1.77 bits per heavy atom. The van der Waals surface area contributed by atoms with E-state index in [9.17, 15) is 22.8 Å². The van der Waals surface area contributed by atoms with E-state index in [1.165, 1.54) is 56.6 Å². The Bertz CT molecular complexity index is 1350. The number of hydrogen-bond donors (Lipinski definition) is 2. The maximum absolute atomic E-state index is 12.5. The fourth-order valence-corrected chi connectivity index (χ4v) is 4.89. The molecule has 184 valence electrons. The number of benzene rings is 2. The average Bonchev–Trinajstić information content (AvgIpc) is 3.29. The van der Waals surface area contributed by atoms with Crippen molar-refractivity contribution in [1.82, 2.24) is 19.9 Å². The van der Waals surface area contributed by atoms with Crippen LogP contribution >= 0.6 is 11.3 Å². The number of aromatic nitrogens is 1. The molecule has 3 aromatic rings. The number of thiazole rings is 1. The van der Waals surface area contributed by atoms with Gasteiger partial charge in [0, 0.05) is 44.1 Å². The number of hydrogen-bond acceptors (Lipinski definition) is 7. The molecule has 1 heterocycles. The lowest BCUT2D eigenvalue weighted by atomic mass is 10.1. The van der Waals surface area contributed by atoms with Crippen molar-refractivity contribution in [3.8, 4) is 11.3 Å². The average molecular weight is 515 g/mol. The van der Waals surface area contributed by atoms with Gasteiger partial charge < -0.3 is 10.6 Å². The van der Waals surface area contributed by atoms with Gasteiger partial charge in [-0.15, -0.1) is 11.3 Å². The summed E-state index contributed by atoms with van der Waals surface area (Å²) in [6, 6.07) is 13.3. The topological polar surface area (TPSA) is 126 Å². The van der Waals surface area contributed by atoms with E-state index in [-0.39, 0.29) is 35.1 Å². The Labute approximate surface area is 208 Å². The van der Waals surface area contributed by atoms with E-state index < -0.39 is 15.9 Å². The quantitative estimate of drug-likeness (QED) is 0.427. The van der Waals surface area contributed by atoms with Crippen LogP contribution in [-0.2, 0) is 32.6 Å². The maximum Gasteiger partial charge on any atom is 0.251 e. The molecule has 1 aromatic heterocycles. The lowest BCUT2D eigenvalue weighted by Crippen LogP contribution is -2.30. The van der Waals surface area contributed by atoms with E-state index >= 15 is 0 Å². The van der Waals surface area contributed by atoms with Gasteiger partial charge in [-0.05, 0) is 29.8 Å². The van der Waals surface area contributed by atoms with E-state index in [2.05, 4.69) is 15.6 Å². The number of Topliss-reactive ketones (excluding diaryl/α,β-unsaturated/α-hetero) is 1. The van der Waals surface area contributed by atoms with Crippen molar-refractivity contribution in [1.29, 1.82) is 0 Å². The number of rotatable bonds is 10. The molecule has 0 aliphatic heterocycles. The lowest BCUT2D eigenvalue weighted by Gasteiger charge is -2.12. The van der Waals surface area contributed by atoms with Gasteiger partial charge in [-0.3, -0.25) is 14.4 Å². The first kappa shape index (κ1) is 26.2.